The molecule has 5 heteroatoms. The number of aryl methyl sites for hydroxylation is 4. The lowest BCUT2D eigenvalue weighted by Gasteiger charge is -2.31. The van der Waals surface area contributed by atoms with Gasteiger partial charge >= 0.3 is 0 Å². The van der Waals surface area contributed by atoms with Crippen LogP contribution in [0, 0.1) is 27.7 Å². The van der Waals surface area contributed by atoms with Gasteiger partial charge in [-0.25, -0.2) is 0 Å². The summed E-state index contributed by atoms with van der Waals surface area (Å²) in [7, 11) is 3.79. The number of hydrogen-bond donors (Lipinski definition) is 0. The molecule has 0 aliphatic heterocycles. The van der Waals surface area contributed by atoms with Gasteiger partial charge in [-0.05, 0) is 87.0 Å². The Morgan fingerprint density at radius 3 is 0.941 bits per heavy atom. The van der Waals surface area contributed by atoms with Gasteiger partial charge in [0.15, 0.2) is 2.74 Å². The lowest BCUT2D eigenvalue weighted by atomic mass is 10.2. The van der Waals surface area contributed by atoms with E-state index in [1.807, 2.05) is 56.9 Å². The first-order valence-electron chi connectivity index (χ1n) is 11.1. The number of benzene rings is 4. The van der Waals surface area contributed by atoms with Crippen molar-refractivity contribution >= 4 is 56.9 Å². The average molecular weight is 537 g/mol. The van der Waals surface area contributed by atoms with Gasteiger partial charge in [-0.15, -0.1) is 0 Å². The minimum Gasteiger partial charge on any atom is -0.0849 e. The molecule has 0 saturated carbocycles. The topological polar surface area (TPSA) is 0 Å². The molecular weight excluding hydrogens is 509 g/mol. The molecule has 0 nitrogen and oxygen atoms in total. The van der Waals surface area contributed by atoms with Crippen molar-refractivity contribution in [2.24, 2.45) is 0 Å². The zero-order chi connectivity index (χ0) is 24.0. The molecular formula is C29H28S5. The second-order valence-corrected chi connectivity index (χ2v) is 16.1. The van der Waals surface area contributed by atoms with E-state index < -0.39 is 0 Å². The Morgan fingerprint density at radius 2 is 0.647 bits per heavy atom. The van der Waals surface area contributed by atoms with E-state index >= 15 is 0 Å². The van der Waals surface area contributed by atoms with E-state index in [-0.39, 0.29) is 2.74 Å². The van der Waals surface area contributed by atoms with E-state index in [0.717, 1.165) is 0 Å². The summed E-state index contributed by atoms with van der Waals surface area (Å²) in [5.74, 6) is 0. The van der Waals surface area contributed by atoms with Crippen molar-refractivity contribution in [1.82, 2.24) is 0 Å². The SMILES string of the molecule is Cc1ccc(SSC(Sc2ccc(C)cc2)(Sc2ccc(C)cc2)Sc2ccc(C)cc2)cc1. The van der Waals surface area contributed by atoms with Gasteiger partial charge in [0.25, 0.3) is 0 Å². The molecule has 0 radical (unpaired) electrons. The first-order valence-corrected chi connectivity index (χ1v) is 15.7. The second-order valence-electron chi connectivity index (χ2n) is 8.23. The molecule has 0 saturated heterocycles. The van der Waals surface area contributed by atoms with E-state index in [0.29, 0.717) is 0 Å². The van der Waals surface area contributed by atoms with Crippen LogP contribution >= 0.6 is 56.9 Å². The lowest BCUT2D eigenvalue weighted by Crippen LogP contribution is -2.09. The van der Waals surface area contributed by atoms with Crippen molar-refractivity contribution in [3.8, 4) is 0 Å². The van der Waals surface area contributed by atoms with E-state index in [4.69, 9.17) is 0 Å². The lowest BCUT2D eigenvalue weighted by molar-refractivity contribution is 1.36. The maximum absolute atomic E-state index is 2.25. The van der Waals surface area contributed by atoms with E-state index in [2.05, 4.69) is 125 Å². The molecule has 0 spiro atoms. The minimum atomic E-state index is -0.227. The summed E-state index contributed by atoms with van der Waals surface area (Å²) < 4.78 is -0.227. The van der Waals surface area contributed by atoms with Gasteiger partial charge in [0.1, 0.15) is 0 Å². The Morgan fingerprint density at radius 1 is 0.382 bits per heavy atom. The highest BCUT2D eigenvalue weighted by Gasteiger charge is 2.36. The van der Waals surface area contributed by atoms with Crippen molar-refractivity contribution in [1.29, 1.82) is 0 Å². The summed E-state index contributed by atoms with van der Waals surface area (Å²) in [4.78, 5) is 5.11. The first kappa shape index (κ1) is 25.7. The molecule has 4 aromatic rings. The minimum absolute atomic E-state index is 0.227. The highest BCUT2D eigenvalue weighted by molar-refractivity contribution is 8.83. The van der Waals surface area contributed by atoms with Gasteiger partial charge in [0, 0.05) is 19.6 Å². The summed E-state index contributed by atoms with van der Waals surface area (Å²) in [6.07, 6.45) is 0. The third-order valence-electron chi connectivity index (χ3n) is 5.05. The number of hydrogen-bond acceptors (Lipinski definition) is 5. The maximum Gasteiger partial charge on any atom is 0.176 e. The van der Waals surface area contributed by atoms with Crippen molar-refractivity contribution in [2.45, 2.75) is 50.0 Å². The van der Waals surface area contributed by atoms with Crippen LogP contribution in [0.1, 0.15) is 22.3 Å². The number of rotatable bonds is 9. The molecule has 174 valence electrons. The Kier molecular flexibility index (Phi) is 9.11. The van der Waals surface area contributed by atoms with Gasteiger partial charge < -0.3 is 0 Å². The molecule has 0 aliphatic carbocycles. The van der Waals surface area contributed by atoms with E-state index in [1.165, 1.54) is 41.8 Å². The first-order chi connectivity index (χ1) is 16.4. The number of thioether (sulfide) groups is 3. The van der Waals surface area contributed by atoms with E-state index in [1.54, 1.807) is 0 Å². The molecule has 0 aliphatic rings. The Labute approximate surface area is 224 Å². The van der Waals surface area contributed by atoms with Crippen LogP contribution in [0.2, 0.25) is 0 Å². The van der Waals surface area contributed by atoms with Crippen LogP contribution in [0.5, 0.6) is 0 Å². The highest BCUT2D eigenvalue weighted by atomic mass is 33.1. The Hall–Kier alpha value is -1.37. The molecule has 0 aromatic heterocycles. The van der Waals surface area contributed by atoms with E-state index in [9.17, 15) is 0 Å². The average Bonchev–Trinajstić information content (AvgIpc) is 2.83. The maximum atomic E-state index is 2.25. The third-order valence-corrected chi connectivity index (χ3v) is 13.6. The van der Waals surface area contributed by atoms with Crippen molar-refractivity contribution < 1.29 is 0 Å². The molecule has 4 aromatic carbocycles. The zero-order valence-corrected chi connectivity index (χ0v) is 23.9. The fraction of sp³-hybridized carbons (Fsp3) is 0.172. The summed E-state index contributed by atoms with van der Waals surface area (Å²) >= 11 is 5.80. The second kappa shape index (κ2) is 12.0. The van der Waals surface area contributed by atoms with Gasteiger partial charge in [-0.1, -0.05) is 117 Å². The normalized spacial score (nSPS) is 11.5. The molecule has 4 rings (SSSR count). The van der Waals surface area contributed by atoms with Gasteiger partial charge in [-0.3, -0.25) is 0 Å². The molecule has 0 amide bonds. The Balaban J connectivity index is 1.71. The predicted molar refractivity (Wildman–Crippen MR) is 158 cm³/mol. The van der Waals surface area contributed by atoms with Gasteiger partial charge in [0.2, 0.25) is 0 Å². The third kappa shape index (κ3) is 7.56. The van der Waals surface area contributed by atoms with Crippen molar-refractivity contribution in [2.75, 3.05) is 0 Å². The summed E-state index contributed by atoms with van der Waals surface area (Å²) in [6.45, 7) is 8.57. The summed E-state index contributed by atoms with van der Waals surface area (Å²) in [5, 5.41) is 0. The zero-order valence-electron chi connectivity index (χ0n) is 19.8. The smallest absolute Gasteiger partial charge is 0.0849 e. The molecule has 0 bridgehead atoms. The molecule has 0 atom stereocenters. The van der Waals surface area contributed by atoms with Crippen molar-refractivity contribution in [3.63, 3.8) is 0 Å². The molecule has 0 heterocycles. The summed E-state index contributed by atoms with van der Waals surface area (Å²) in [6, 6.07) is 35.6. The van der Waals surface area contributed by atoms with Gasteiger partial charge in [0.05, 0.1) is 0 Å². The fourth-order valence-corrected chi connectivity index (χ4v) is 11.5. The van der Waals surface area contributed by atoms with Gasteiger partial charge in [-0.2, -0.15) is 0 Å². The monoisotopic (exact) mass is 536 g/mol. The van der Waals surface area contributed by atoms with Crippen LogP contribution in [0.15, 0.2) is 117 Å². The molecule has 0 unspecified atom stereocenters. The highest BCUT2D eigenvalue weighted by Crippen LogP contribution is 2.65. The van der Waals surface area contributed by atoms with Crippen LogP contribution in [-0.4, -0.2) is 2.74 Å². The van der Waals surface area contributed by atoms with Crippen LogP contribution < -0.4 is 0 Å². The molecule has 34 heavy (non-hydrogen) atoms. The largest absolute Gasteiger partial charge is 0.176 e. The quantitative estimate of drug-likeness (QED) is 0.118. The van der Waals surface area contributed by atoms with Crippen LogP contribution in [-0.2, 0) is 0 Å². The fourth-order valence-electron chi connectivity index (χ4n) is 3.06. The summed E-state index contributed by atoms with van der Waals surface area (Å²) in [5.41, 5.74) is 5.15. The van der Waals surface area contributed by atoms with Crippen molar-refractivity contribution in [3.05, 3.63) is 119 Å². The van der Waals surface area contributed by atoms with Crippen LogP contribution in [0.3, 0.4) is 0 Å². The molecule has 0 fully saturated rings. The standard InChI is InChI=1S/C29H28S5/c1-21-5-13-25(14-6-21)30-29(31-26-15-7-22(2)8-16-26,32-27-17-9-23(3)10-18-27)34-33-28-19-11-24(4)12-20-28/h5-20H,1-4H3. The van der Waals surface area contributed by atoms with Crippen LogP contribution in [0.25, 0.3) is 0 Å². The Bertz CT molecular complexity index is 1070. The van der Waals surface area contributed by atoms with Crippen LogP contribution in [0.4, 0.5) is 0 Å². The predicted octanol–water partition coefficient (Wildman–Crippen LogP) is 10.6. The molecule has 0 N–H and O–H groups in total.